The first-order valence-corrected chi connectivity index (χ1v) is 9.73. The maximum atomic E-state index is 14.8. The Balaban J connectivity index is 1.78. The lowest BCUT2D eigenvalue weighted by Gasteiger charge is -2.28. The van der Waals surface area contributed by atoms with Crippen LogP contribution in [-0.2, 0) is 12.0 Å². The van der Waals surface area contributed by atoms with Gasteiger partial charge >= 0.3 is 6.18 Å². The normalized spacial score (nSPS) is 12.8. The molecule has 1 N–H and O–H groups in total. The summed E-state index contributed by atoms with van der Waals surface area (Å²) in [5.74, 6) is 0.189. The highest BCUT2D eigenvalue weighted by Crippen LogP contribution is 2.40. The molecule has 1 aromatic carbocycles. The lowest BCUT2D eigenvalue weighted by atomic mass is 9.83. The standard InChI is InChI=1S/C23H24F4N4/c1-15-11-20(30-31(15)14-17-7-10-21(28-4)29-13-17)19(24)12-16-5-8-18(9-6-16)22(2,3)23(25,26)27/h5-13H,14H2,1-4H3,(H,28,29). The van der Waals surface area contributed by atoms with Crippen molar-refractivity contribution in [2.24, 2.45) is 0 Å². The molecule has 164 valence electrons. The summed E-state index contributed by atoms with van der Waals surface area (Å²) in [6.07, 6.45) is -1.38. The van der Waals surface area contributed by atoms with E-state index in [1.54, 1.807) is 24.0 Å². The molecule has 0 saturated heterocycles. The zero-order chi connectivity index (χ0) is 22.8. The molecule has 0 fully saturated rings. The van der Waals surface area contributed by atoms with E-state index in [9.17, 15) is 17.6 Å². The Bertz CT molecular complexity index is 1060. The summed E-state index contributed by atoms with van der Waals surface area (Å²) in [6.45, 7) is 4.51. The largest absolute Gasteiger partial charge is 0.397 e. The molecule has 0 saturated carbocycles. The van der Waals surface area contributed by atoms with E-state index in [2.05, 4.69) is 15.4 Å². The van der Waals surface area contributed by atoms with Gasteiger partial charge in [-0.15, -0.1) is 0 Å². The molecule has 0 aliphatic heterocycles. The average molecular weight is 432 g/mol. The van der Waals surface area contributed by atoms with Crippen molar-refractivity contribution in [2.45, 2.75) is 38.9 Å². The number of nitrogens with one attached hydrogen (secondary N) is 1. The molecule has 0 atom stereocenters. The number of anilines is 1. The molecule has 3 aromatic rings. The van der Waals surface area contributed by atoms with Gasteiger partial charge in [-0.3, -0.25) is 4.68 Å². The van der Waals surface area contributed by atoms with Gasteiger partial charge in [0.05, 0.1) is 12.0 Å². The third kappa shape index (κ3) is 4.95. The molecule has 0 bridgehead atoms. The monoisotopic (exact) mass is 432 g/mol. The van der Waals surface area contributed by atoms with E-state index >= 15 is 0 Å². The molecule has 0 amide bonds. The number of benzene rings is 1. The Morgan fingerprint density at radius 2 is 1.77 bits per heavy atom. The van der Waals surface area contributed by atoms with Crippen LogP contribution in [0.15, 0.2) is 48.7 Å². The predicted octanol–water partition coefficient (Wildman–Crippen LogP) is 5.98. The number of alkyl halides is 3. The summed E-state index contributed by atoms with van der Waals surface area (Å²) in [7, 11) is 1.78. The Morgan fingerprint density at radius 3 is 2.32 bits per heavy atom. The van der Waals surface area contributed by atoms with E-state index in [0.29, 0.717) is 12.1 Å². The molecular weight excluding hydrogens is 408 g/mol. The van der Waals surface area contributed by atoms with Crippen LogP contribution in [0.1, 0.15) is 41.9 Å². The van der Waals surface area contributed by atoms with E-state index in [0.717, 1.165) is 30.9 Å². The van der Waals surface area contributed by atoms with E-state index < -0.39 is 17.4 Å². The van der Waals surface area contributed by atoms with E-state index in [4.69, 9.17) is 0 Å². The van der Waals surface area contributed by atoms with Gasteiger partial charge in [0, 0.05) is 18.9 Å². The van der Waals surface area contributed by atoms with Crippen molar-refractivity contribution < 1.29 is 17.6 Å². The van der Waals surface area contributed by atoms with Crippen LogP contribution in [0.2, 0.25) is 0 Å². The van der Waals surface area contributed by atoms with Crippen LogP contribution in [0, 0.1) is 6.92 Å². The highest BCUT2D eigenvalue weighted by molar-refractivity contribution is 5.75. The maximum Gasteiger partial charge on any atom is 0.397 e. The zero-order valence-corrected chi connectivity index (χ0v) is 17.8. The van der Waals surface area contributed by atoms with Gasteiger partial charge in [-0.05, 0) is 55.7 Å². The van der Waals surface area contributed by atoms with E-state index in [-0.39, 0.29) is 11.3 Å². The Hall–Kier alpha value is -3.16. The molecule has 2 aromatic heterocycles. The van der Waals surface area contributed by atoms with Crippen LogP contribution in [-0.4, -0.2) is 28.0 Å². The number of hydrogen-bond donors (Lipinski definition) is 1. The van der Waals surface area contributed by atoms with Crippen LogP contribution >= 0.6 is 0 Å². The molecule has 31 heavy (non-hydrogen) atoms. The summed E-state index contributed by atoms with van der Waals surface area (Å²) in [6, 6.07) is 11.1. The molecule has 0 unspecified atom stereocenters. The summed E-state index contributed by atoms with van der Waals surface area (Å²) in [5, 5.41) is 7.26. The summed E-state index contributed by atoms with van der Waals surface area (Å²) >= 11 is 0. The molecule has 0 aliphatic rings. The first kappa shape index (κ1) is 22.5. The number of hydrogen-bond acceptors (Lipinski definition) is 3. The highest BCUT2D eigenvalue weighted by Gasteiger charge is 2.48. The minimum absolute atomic E-state index is 0.121. The van der Waals surface area contributed by atoms with E-state index in [1.165, 1.54) is 30.3 Å². The van der Waals surface area contributed by atoms with E-state index in [1.807, 2.05) is 19.1 Å². The Kier molecular flexibility index (Phi) is 6.20. The highest BCUT2D eigenvalue weighted by atomic mass is 19.4. The second-order valence-electron chi connectivity index (χ2n) is 7.87. The minimum Gasteiger partial charge on any atom is -0.373 e. The smallest absolute Gasteiger partial charge is 0.373 e. The SMILES string of the molecule is CNc1ccc(Cn2nc(C(F)=Cc3ccc(C(C)(C)C(F)(F)F)cc3)cc2C)cn1. The van der Waals surface area contributed by atoms with Crippen LogP contribution in [0.3, 0.4) is 0 Å². The van der Waals surface area contributed by atoms with Crippen molar-refractivity contribution >= 4 is 17.7 Å². The van der Waals surface area contributed by atoms with Crippen molar-refractivity contribution in [3.8, 4) is 0 Å². The van der Waals surface area contributed by atoms with Gasteiger partial charge in [-0.2, -0.15) is 18.3 Å². The first-order chi connectivity index (χ1) is 14.5. The fraction of sp³-hybridized carbons (Fsp3) is 0.304. The minimum atomic E-state index is -4.37. The molecule has 0 spiro atoms. The molecule has 8 heteroatoms. The Labute approximate surface area is 178 Å². The summed E-state index contributed by atoms with van der Waals surface area (Å²) in [5.41, 5.74) is 0.456. The van der Waals surface area contributed by atoms with Crippen molar-refractivity contribution in [3.63, 3.8) is 0 Å². The average Bonchev–Trinajstić information content (AvgIpc) is 3.08. The van der Waals surface area contributed by atoms with Gasteiger partial charge in [0.2, 0.25) is 0 Å². The third-order valence-corrected chi connectivity index (χ3v) is 5.27. The third-order valence-electron chi connectivity index (χ3n) is 5.27. The molecule has 3 rings (SSSR count). The number of nitrogens with zero attached hydrogens (tertiary/aromatic N) is 3. The second kappa shape index (κ2) is 8.53. The molecule has 2 heterocycles. The van der Waals surface area contributed by atoms with Crippen molar-refractivity contribution in [3.05, 3.63) is 76.7 Å². The summed E-state index contributed by atoms with van der Waals surface area (Å²) < 4.78 is 56.0. The number of pyridine rings is 1. The van der Waals surface area contributed by atoms with Gasteiger partial charge in [0.1, 0.15) is 11.5 Å². The number of rotatable bonds is 6. The van der Waals surface area contributed by atoms with Crippen LogP contribution in [0.25, 0.3) is 11.9 Å². The lowest BCUT2D eigenvalue weighted by Crippen LogP contribution is -2.36. The van der Waals surface area contributed by atoms with Crippen LogP contribution < -0.4 is 5.32 Å². The van der Waals surface area contributed by atoms with Crippen LogP contribution in [0.4, 0.5) is 23.4 Å². The van der Waals surface area contributed by atoms with Gasteiger partial charge in [0.25, 0.3) is 0 Å². The lowest BCUT2D eigenvalue weighted by molar-refractivity contribution is -0.180. The second-order valence-corrected chi connectivity index (χ2v) is 7.87. The number of halogens is 4. The topological polar surface area (TPSA) is 42.7 Å². The van der Waals surface area contributed by atoms with Gasteiger partial charge in [0.15, 0.2) is 5.83 Å². The van der Waals surface area contributed by atoms with Gasteiger partial charge in [-0.25, -0.2) is 9.37 Å². The molecule has 0 radical (unpaired) electrons. The zero-order valence-electron chi connectivity index (χ0n) is 17.8. The van der Waals surface area contributed by atoms with Crippen molar-refractivity contribution in [1.82, 2.24) is 14.8 Å². The quantitative estimate of drug-likeness (QED) is 0.487. The molecule has 4 nitrogen and oxygen atoms in total. The Morgan fingerprint density at radius 1 is 1.10 bits per heavy atom. The predicted molar refractivity (Wildman–Crippen MR) is 114 cm³/mol. The van der Waals surface area contributed by atoms with Gasteiger partial charge < -0.3 is 5.32 Å². The molecule has 0 aliphatic carbocycles. The van der Waals surface area contributed by atoms with Crippen LogP contribution in [0.5, 0.6) is 0 Å². The van der Waals surface area contributed by atoms with Gasteiger partial charge in [-0.1, -0.05) is 30.3 Å². The first-order valence-electron chi connectivity index (χ1n) is 9.73. The van der Waals surface area contributed by atoms with Crippen molar-refractivity contribution in [1.29, 1.82) is 0 Å². The summed E-state index contributed by atoms with van der Waals surface area (Å²) in [4.78, 5) is 4.25. The fourth-order valence-electron chi connectivity index (χ4n) is 3.01. The number of aromatic nitrogens is 3. The van der Waals surface area contributed by atoms with Crippen molar-refractivity contribution in [2.75, 3.05) is 12.4 Å². The maximum absolute atomic E-state index is 14.8. The fourth-order valence-corrected chi connectivity index (χ4v) is 3.01. The molecular formula is C23H24F4N4. The number of aryl methyl sites for hydroxylation is 1.